The van der Waals surface area contributed by atoms with E-state index in [9.17, 15) is 4.79 Å². The largest absolute Gasteiger partial charge is 0.380 e. The maximum atomic E-state index is 12.7. The van der Waals surface area contributed by atoms with Crippen LogP contribution in [0.3, 0.4) is 0 Å². The van der Waals surface area contributed by atoms with E-state index in [4.69, 9.17) is 4.74 Å². The van der Waals surface area contributed by atoms with Gasteiger partial charge in [0, 0.05) is 31.8 Å². The first-order chi connectivity index (χ1) is 10.7. The summed E-state index contributed by atoms with van der Waals surface area (Å²) in [5.74, 6) is 1.18. The van der Waals surface area contributed by atoms with Crippen LogP contribution in [0.2, 0.25) is 0 Å². The second kappa shape index (κ2) is 5.35. The highest BCUT2D eigenvalue weighted by atomic mass is 16.5. The van der Waals surface area contributed by atoms with Crippen LogP contribution >= 0.6 is 0 Å². The zero-order valence-electron chi connectivity index (χ0n) is 13.1. The topological polar surface area (TPSA) is 68.2 Å². The molecule has 120 valence electrons. The summed E-state index contributed by atoms with van der Waals surface area (Å²) in [6.45, 7) is 3.46. The van der Waals surface area contributed by atoms with E-state index < -0.39 is 0 Å². The van der Waals surface area contributed by atoms with Crippen molar-refractivity contribution >= 4 is 5.91 Å². The molecule has 2 aliphatic heterocycles. The predicted molar refractivity (Wildman–Crippen MR) is 81.3 cm³/mol. The van der Waals surface area contributed by atoms with Gasteiger partial charge in [0.05, 0.1) is 24.3 Å². The predicted octanol–water partition coefficient (Wildman–Crippen LogP) is 0.540. The van der Waals surface area contributed by atoms with E-state index in [1.807, 2.05) is 11.7 Å². The van der Waals surface area contributed by atoms with Crippen molar-refractivity contribution in [3.8, 4) is 0 Å². The molecule has 1 aromatic rings. The van der Waals surface area contributed by atoms with Gasteiger partial charge in [0.25, 0.3) is 0 Å². The minimum atomic E-state index is -0.383. The average molecular weight is 304 g/mol. The Balaban J connectivity index is 1.42. The molecule has 0 spiro atoms. The molecule has 6 heteroatoms. The quantitative estimate of drug-likeness (QED) is 0.852. The summed E-state index contributed by atoms with van der Waals surface area (Å²) in [5, 5.41) is 11.0. The number of rotatable bonds is 4. The van der Waals surface area contributed by atoms with Crippen molar-refractivity contribution in [2.75, 3.05) is 26.3 Å². The Bertz CT molecular complexity index is 581. The third-order valence-electron chi connectivity index (χ3n) is 5.43. The van der Waals surface area contributed by atoms with Gasteiger partial charge in [-0.25, -0.2) is 0 Å². The van der Waals surface area contributed by atoms with E-state index in [1.54, 1.807) is 0 Å². The van der Waals surface area contributed by atoms with Crippen LogP contribution in [0.4, 0.5) is 0 Å². The molecule has 1 aromatic heterocycles. The Morgan fingerprint density at radius 1 is 1.55 bits per heavy atom. The lowest BCUT2D eigenvalue weighted by molar-refractivity contribution is -0.141. The monoisotopic (exact) mass is 304 g/mol. The van der Waals surface area contributed by atoms with Gasteiger partial charge in [0.1, 0.15) is 0 Å². The molecule has 2 atom stereocenters. The van der Waals surface area contributed by atoms with Crippen LogP contribution in [0.5, 0.6) is 0 Å². The van der Waals surface area contributed by atoms with Gasteiger partial charge in [0.2, 0.25) is 5.91 Å². The molecule has 1 aliphatic carbocycles. The van der Waals surface area contributed by atoms with Gasteiger partial charge in [-0.15, -0.1) is 0 Å². The number of hydrogen-bond donors (Lipinski definition) is 2. The maximum absolute atomic E-state index is 12.7. The highest BCUT2D eigenvalue weighted by molar-refractivity contribution is 5.84. The van der Waals surface area contributed by atoms with Crippen LogP contribution in [0.25, 0.3) is 0 Å². The van der Waals surface area contributed by atoms with Gasteiger partial charge in [0.15, 0.2) is 0 Å². The first-order valence-corrected chi connectivity index (χ1v) is 8.28. The van der Waals surface area contributed by atoms with E-state index in [0.717, 1.165) is 31.8 Å². The summed E-state index contributed by atoms with van der Waals surface area (Å²) in [7, 11) is 1.99. The molecule has 1 saturated carbocycles. The van der Waals surface area contributed by atoms with Crippen molar-refractivity contribution in [2.24, 2.45) is 18.4 Å². The summed E-state index contributed by atoms with van der Waals surface area (Å²) >= 11 is 0. The SMILES string of the molecule is Cn1nc(CNC(=O)[C@]23CNC[C@H]2CCOC3)cc1C1CC1. The first kappa shape index (κ1) is 14.2. The Kier molecular flexibility index (Phi) is 3.46. The normalized spacial score (nSPS) is 31.0. The van der Waals surface area contributed by atoms with Crippen molar-refractivity contribution in [1.82, 2.24) is 20.4 Å². The molecule has 4 rings (SSSR count). The number of carbonyl (C=O) groups excluding carboxylic acids is 1. The molecular weight excluding hydrogens is 280 g/mol. The van der Waals surface area contributed by atoms with Gasteiger partial charge < -0.3 is 15.4 Å². The Morgan fingerprint density at radius 3 is 3.23 bits per heavy atom. The third kappa shape index (κ3) is 2.34. The van der Waals surface area contributed by atoms with E-state index in [-0.39, 0.29) is 11.3 Å². The van der Waals surface area contributed by atoms with Crippen molar-refractivity contribution in [2.45, 2.75) is 31.7 Å². The Hall–Kier alpha value is -1.40. The van der Waals surface area contributed by atoms with Gasteiger partial charge >= 0.3 is 0 Å². The molecule has 22 heavy (non-hydrogen) atoms. The zero-order valence-corrected chi connectivity index (χ0v) is 13.1. The summed E-state index contributed by atoms with van der Waals surface area (Å²) in [6, 6.07) is 2.14. The molecule has 2 N–H and O–H groups in total. The van der Waals surface area contributed by atoms with Crippen LogP contribution in [0.1, 0.15) is 36.6 Å². The van der Waals surface area contributed by atoms with Crippen molar-refractivity contribution < 1.29 is 9.53 Å². The number of hydrogen-bond acceptors (Lipinski definition) is 4. The minimum absolute atomic E-state index is 0.112. The fourth-order valence-corrected chi connectivity index (χ4v) is 3.91. The second-order valence-electron chi connectivity index (χ2n) is 6.97. The fourth-order valence-electron chi connectivity index (χ4n) is 3.91. The molecule has 0 radical (unpaired) electrons. The molecule has 1 amide bonds. The maximum Gasteiger partial charge on any atom is 0.230 e. The molecule has 2 saturated heterocycles. The molecule has 3 fully saturated rings. The molecule has 3 aliphatic rings. The number of ether oxygens (including phenoxy) is 1. The highest BCUT2D eigenvalue weighted by Gasteiger charge is 2.50. The van der Waals surface area contributed by atoms with Gasteiger partial charge in [-0.3, -0.25) is 9.48 Å². The van der Waals surface area contributed by atoms with Gasteiger partial charge in [-0.2, -0.15) is 5.10 Å². The van der Waals surface area contributed by atoms with Gasteiger partial charge in [-0.1, -0.05) is 0 Å². The van der Waals surface area contributed by atoms with E-state index in [0.29, 0.717) is 25.0 Å². The zero-order chi connectivity index (χ0) is 15.2. The Labute approximate surface area is 130 Å². The van der Waals surface area contributed by atoms with Crippen molar-refractivity contribution in [1.29, 1.82) is 0 Å². The second-order valence-corrected chi connectivity index (χ2v) is 6.97. The smallest absolute Gasteiger partial charge is 0.230 e. The standard InChI is InChI=1S/C16H24N4O2/c1-20-14(11-2-3-11)6-13(19-20)8-18-15(21)16-9-17-7-12(16)4-5-22-10-16/h6,11-12,17H,2-5,7-10H2,1H3,(H,18,21)/t12-,16+/m1/s1. The van der Waals surface area contributed by atoms with Crippen LogP contribution in [-0.2, 0) is 23.1 Å². The Morgan fingerprint density at radius 2 is 2.41 bits per heavy atom. The minimum Gasteiger partial charge on any atom is -0.380 e. The number of aryl methyl sites for hydroxylation is 1. The molecule has 6 nitrogen and oxygen atoms in total. The summed E-state index contributed by atoms with van der Waals surface area (Å²) in [5.41, 5.74) is 1.86. The van der Waals surface area contributed by atoms with Crippen LogP contribution in [0, 0.1) is 11.3 Å². The number of amides is 1. The molecule has 3 heterocycles. The fraction of sp³-hybridized carbons (Fsp3) is 0.750. The van der Waals surface area contributed by atoms with Crippen LogP contribution in [0.15, 0.2) is 6.07 Å². The number of nitrogens with one attached hydrogen (secondary N) is 2. The number of carbonyl (C=O) groups is 1. The molecule has 0 bridgehead atoms. The lowest BCUT2D eigenvalue weighted by Crippen LogP contribution is -2.51. The summed E-state index contributed by atoms with van der Waals surface area (Å²) < 4.78 is 7.56. The van der Waals surface area contributed by atoms with E-state index in [1.165, 1.54) is 18.5 Å². The lowest BCUT2D eigenvalue weighted by atomic mass is 9.75. The number of nitrogens with zero attached hydrogens (tertiary/aromatic N) is 2. The third-order valence-corrected chi connectivity index (χ3v) is 5.43. The lowest BCUT2D eigenvalue weighted by Gasteiger charge is -2.36. The summed E-state index contributed by atoms with van der Waals surface area (Å²) in [4.78, 5) is 12.7. The highest BCUT2D eigenvalue weighted by Crippen LogP contribution is 2.40. The van der Waals surface area contributed by atoms with E-state index >= 15 is 0 Å². The van der Waals surface area contributed by atoms with Crippen molar-refractivity contribution in [3.63, 3.8) is 0 Å². The van der Waals surface area contributed by atoms with Crippen LogP contribution in [-0.4, -0.2) is 42.0 Å². The van der Waals surface area contributed by atoms with Crippen molar-refractivity contribution in [3.05, 3.63) is 17.5 Å². The average Bonchev–Trinajstić information content (AvgIpc) is 3.15. The molecular formula is C16H24N4O2. The number of fused-ring (bicyclic) bond motifs is 1. The first-order valence-electron chi connectivity index (χ1n) is 8.28. The van der Waals surface area contributed by atoms with E-state index in [2.05, 4.69) is 21.8 Å². The molecule has 0 unspecified atom stereocenters. The summed E-state index contributed by atoms with van der Waals surface area (Å²) in [6.07, 6.45) is 3.49. The number of aromatic nitrogens is 2. The van der Waals surface area contributed by atoms with Gasteiger partial charge in [-0.05, 0) is 37.8 Å². The van der Waals surface area contributed by atoms with Crippen LogP contribution < -0.4 is 10.6 Å². The molecule has 0 aromatic carbocycles.